The topological polar surface area (TPSA) is 33.0 Å². The SMILES string of the molecule is Cc1cc(Oc2ccc(C#N)c(C)c2)ccc1Cl. The highest BCUT2D eigenvalue weighted by Gasteiger charge is 2.03. The average molecular weight is 258 g/mol. The minimum Gasteiger partial charge on any atom is -0.457 e. The minimum atomic E-state index is 0.662. The molecular weight excluding hydrogens is 246 g/mol. The van der Waals surface area contributed by atoms with E-state index in [1.54, 1.807) is 12.1 Å². The molecule has 0 radical (unpaired) electrons. The van der Waals surface area contributed by atoms with Gasteiger partial charge in [-0.15, -0.1) is 0 Å². The van der Waals surface area contributed by atoms with Crippen molar-refractivity contribution in [3.63, 3.8) is 0 Å². The monoisotopic (exact) mass is 257 g/mol. The molecule has 0 aliphatic carbocycles. The molecule has 0 heterocycles. The molecule has 0 amide bonds. The van der Waals surface area contributed by atoms with Crippen molar-refractivity contribution in [2.24, 2.45) is 0 Å². The van der Waals surface area contributed by atoms with E-state index >= 15 is 0 Å². The van der Waals surface area contributed by atoms with Crippen LogP contribution in [0.25, 0.3) is 0 Å². The molecular formula is C15H12ClNO. The zero-order valence-corrected chi connectivity index (χ0v) is 11.0. The van der Waals surface area contributed by atoms with E-state index in [0.717, 1.165) is 21.9 Å². The van der Waals surface area contributed by atoms with Gasteiger partial charge < -0.3 is 4.74 Å². The fraction of sp³-hybridized carbons (Fsp3) is 0.133. The Hall–Kier alpha value is -1.98. The summed E-state index contributed by atoms with van der Waals surface area (Å²) in [6.07, 6.45) is 0. The molecule has 0 atom stereocenters. The van der Waals surface area contributed by atoms with E-state index < -0.39 is 0 Å². The van der Waals surface area contributed by atoms with Crippen LogP contribution in [0.4, 0.5) is 0 Å². The summed E-state index contributed by atoms with van der Waals surface area (Å²) < 4.78 is 5.73. The molecule has 0 N–H and O–H groups in total. The van der Waals surface area contributed by atoms with Crippen molar-refractivity contribution in [3.8, 4) is 17.6 Å². The molecule has 0 spiro atoms. The first kappa shape index (κ1) is 12.5. The lowest BCUT2D eigenvalue weighted by molar-refractivity contribution is 0.482. The number of benzene rings is 2. The quantitative estimate of drug-likeness (QED) is 0.786. The van der Waals surface area contributed by atoms with Crippen LogP contribution in [0.1, 0.15) is 16.7 Å². The van der Waals surface area contributed by atoms with Gasteiger partial charge in [-0.3, -0.25) is 0 Å². The second kappa shape index (κ2) is 5.12. The average Bonchev–Trinajstić information content (AvgIpc) is 2.34. The summed E-state index contributed by atoms with van der Waals surface area (Å²) in [5.41, 5.74) is 2.54. The summed E-state index contributed by atoms with van der Waals surface area (Å²) in [7, 11) is 0. The highest BCUT2D eigenvalue weighted by Crippen LogP contribution is 2.27. The Morgan fingerprint density at radius 2 is 1.61 bits per heavy atom. The molecule has 2 aromatic rings. The predicted octanol–water partition coefficient (Wildman–Crippen LogP) is 4.62. The Kier molecular flexibility index (Phi) is 3.55. The Bertz CT molecular complexity index is 629. The Labute approximate surface area is 111 Å². The van der Waals surface area contributed by atoms with Gasteiger partial charge in [-0.05, 0) is 61.4 Å². The maximum absolute atomic E-state index is 8.86. The van der Waals surface area contributed by atoms with Crippen LogP contribution < -0.4 is 4.74 Å². The number of hydrogen-bond acceptors (Lipinski definition) is 2. The van der Waals surface area contributed by atoms with Crippen LogP contribution >= 0.6 is 11.6 Å². The van der Waals surface area contributed by atoms with Crippen LogP contribution in [-0.4, -0.2) is 0 Å². The third-order valence-electron chi connectivity index (χ3n) is 2.68. The highest BCUT2D eigenvalue weighted by molar-refractivity contribution is 6.31. The summed E-state index contributed by atoms with van der Waals surface area (Å²) >= 11 is 5.96. The first-order valence-corrected chi connectivity index (χ1v) is 5.92. The van der Waals surface area contributed by atoms with Crippen molar-refractivity contribution in [2.45, 2.75) is 13.8 Å². The Balaban J connectivity index is 2.26. The third kappa shape index (κ3) is 2.64. The van der Waals surface area contributed by atoms with E-state index in [1.165, 1.54) is 0 Å². The standard InChI is InChI=1S/C15H12ClNO/c1-10-7-13(4-3-12(10)9-17)18-14-5-6-15(16)11(2)8-14/h3-8H,1-2H3. The molecule has 2 aromatic carbocycles. The van der Waals surface area contributed by atoms with E-state index in [1.807, 2.05) is 38.1 Å². The van der Waals surface area contributed by atoms with Gasteiger partial charge in [-0.1, -0.05) is 11.6 Å². The fourth-order valence-corrected chi connectivity index (χ4v) is 1.76. The molecule has 0 aliphatic heterocycles. The second-order valence-corrected chi connectivity index (χ2v) is 4.51. The zero-order valence-electron chi connectivity index (χ0n) is 10.2. The Morgan fingerprint density at radius 3 is 2.17 bits per heavy atom. The molecule has 0 aromatic heterocycles. The van der Waals surface area contributed by atoms with Gasteiger partial charge in [0.2, 0.25) is 0 Å². The number of ether oxygens (including phenoxy) is 1. The number of aryl methyl sites for hydroxylation is 2. The van der Waals surface area contributed by atoms with Crippen LogP contribution in [0.3, 0.4) is 0 Å². The van der Waals surface area contributed by atoms with E-state index in [9.17, 15) is 0 Å². The zero-order chi connectivity index (χ0) is 13.1. The maximum atomic E-state index is 8.86. The van der Waals surface area contributed by atoms with E-state index in [2.05, 4.69) is 6.07 Å². The molecule has 0 saturated heterocycles. The largest absolute Gasteiger partial charge is 0.457 e. The lowest BCUT2D eigenvalue weighted by Gasteiger charge is -2.08. The van der Waals surface area contributed by atoms with Gasteiger partial charge in [0.15, 0.2) is 0 Å². The van der Waals surface area contributed by atoms with Crippen molar-refractivity contribution >= 4 is 11.6 Å². The van der Waals surface area contributed by atoms with Crippen LogP contribution in [0.5, 0.6) is 11.5 Å². The normalized spacial score (nSPS) is 9.89. The van der Waals surface area contributed by atoms with Gasteiger partial charge >= 0.3 is 0 Å². The lowest BCUT2D eigenvalue weighted by atomic mass is 10.1. The van der Waals surface area contributed by atoms with Crippen LogP contribution in [0.15, 0.2) is 36.4 Å². The number of hydrogen-bond donors (Lipinski definition) is 0. The molecule has 2 rings (SSSR count). The fourth-order valence-electron chi connectivity index (χ4n) is 1.64. The summed E-state index contributed by atoms with van der Waals surface area (Å²) in [4.78, 5) is 0. The van der Waals surface area contributed by atoms with Gasteiger partial charge in [-0.25, -0.2) is 0 Å². The number of nitriles is 1. The summed E-state index contributed by atoms with van der Waals surface area (Å²) in [6, 6.07) is 13.0. The first-order valence-electron chi connectivity index (χ1n) is 5.55. The molecule has 0 aliphatic rings. The van der Waals surface area contributed by atoms with Crippen LogP contribution in [0.2, 0.25) is 5.02 Å². The smallest absolute Gasteiger partial charge is 0.127 e. The molecule has 3 heteroatoms. The molecule has 0 bridgehead atoms. The summed E-state index contributed by atoms with van der Waals surface area (Å²) in [5, 5.41) is 9.58. The Morgan fingerprint density at radius 1 is 1.00 bits per heavy atom. The van der Waals surface area contributed by atoms with E-state index in [-0.39, 0.29) is 0 Å². The molecule has 0 unspecified atom stereocenters. The molecule has 18 heavy (non-hydrogen) atoms. The van der Waals surface area contributed by atoms with Gasteiger partial charge in [0.25, 0.3) is 0 Å². The highest BCUT2D eigenvalue weighted by atomic mass is 35.5. The molecule has 2 nitrogen and oxygen atoms in total. The first-order chi connectivity index (χ1) is 8.60. The van der Waals surface area contributed by atoms with Gasteiger partial charge in [0.1, 0.15) is 11.5 Å². The van der Waals surface area contributed by atoms with Crippen molar-refractivity contribution in [1.29, 1.82) is 5.26 Å². The maximum Gasteiger partial charge on any atom is 0.127 e. The van der Waals surface area contributed by atoms with Crippen molar-refractivity contribution in [1.82, 2.24) is 0 Å². The van der Waals surface area contributed by atoms with Crippen molar-refractivity contribution < 1.29 is 4.74 Å². The summed E-state index contributed by atoms with van der Waals surface area (Å²) in [5.74, 6) is 1.45. The summed E-state index contributed by atoms with van der Waals surface area (Å²) in [6.45, 7) is 3.82. The minimum absolute atomic E-state index is 0.662. The van der Waals surface area contributed by atoms with E-state index in [4.69, 9.17) is 21.6 Å². The van der Waals surface area contributed by atoms with Crippen LogP contribution in [0, 0.1) is 25.2 Å². The number of nitrogens with zero attached hydrogens (tertiary/aromatic N) is 1. The molecule has 90 valence electrons. The number of halogens is 1. The second-order valence-electron chi connectivity index (χ2n) is 4.10. The number of rotatable bonds is 2. The molecule has 0 saturated carbocycles. The van der Waals surface area contributed by atoms with Gasteiger partial charge in [0, 0.05) is 5.02 Å². The third-order valence-corrected chi connectivity index (χ3v) is 3.11. The predicted molar refractivity (Wildman–Crippen MR) is 72.2 cm³/mol. The lowest BCUT2D eigenvalue weighted by Crippen LogP contribution is -1.88. The van der Waals surface area contributed by atoms with Gasteiger partial charge in [-0.2, -0.15) is 5.26 Å². The van der Waals surface area contributed by atoms with Crippen molar-refractivity contribution in [3.05, 3.63) is 58.1 Å². The van der Waals surface area contributed by atoms with Gasteiger partial charge in [0.05, 0.1) is 11.6 Å². The van der Waals surface area contributed by atoms with E-state index in [0.29, 0.717) is 11.3 Å². The van der Waals surface area contributed by atoms with Crippen molar-refractivity contribution in [2.75, 3.05) is 0 Å². The molecule has 0 fully saturated rings. The van der Waals surface area contributed by atoms with Crippen LogP contribution in [-0.2, 0) is 0 Å².